The van der Waals surface area contributed by atoms with E-state index in [1.807, 2.05) is 0 Å². The molecule has 0 saturated carbocycles. The Bertz CT molecular complexity index is 497. The number of hydrogen-bond acceptors (Lipinski definition) is 0. The third-order valence-electron chi connectivity index (χ3n) is 7.11. The van der Waals surface area contributed by atoms with Gasteiger partial charge in [-0.1, -0.05) is 91.0 Å². The Morgan fingerprint density at radius 3 is 1.55 bits per heavy atom. The minimum absolute atomic E-state index is 0.174. The minimum atomic E-state index is 0.174. The zero-order chi connectivity index (χ0) is 21.4. The third-order valence-corrected chi connectivity index (χ3v) is 7.11. The number of aromatic nitrogens is 1. The monoisotopic (exact) mass is 404 g/mol. The van der Waals surface area contributed by atoms with E-state index in [1.165, 1.54) is 103 Å². The maximum atomic E-state index is 2.50. The summed E-state index contributed by atoms with van der Waals surface area (Å²) in [6.45, 7) is 8.27. The Kier molecular flexibility index (Phi) is 13.5. The lowest BCUT2D eigenvalue weighted by Crippen LogP contribution is -2.72. The zero-order valence-corrected chi connectivity index (χ0v) is 20.6. The van der Waals surface area contributed by atoms with Crippen LogP contribution in [0.3, 0.4) is 0 Å². The smallest absolute Gasteiger partial charge is 0.268 e. The summed E-state index contributed by atoms with van der Waals surface area (Å²) in [6.07, 6.45) is 25.3. The number of quaternary nitrogens is 1. The number of pyridine rings is 1. The molecular weight excluding hydrogens is 352 g/mol. The summed E-state index contributed by atoms with van der Waals surface area (Å²) in [7, 11) is 4.91. The normalized spacial score (nSPS) is 14.1. The van der Waals surface area contributed by atoms with Gasteiger partial charge in [0, 0.05) is 12.1 Å². The molecule has 1 unspecified atom stereocenters. The van der Waals surface area contributed by atoms with Crippen molar-refractivity contribution in [3.05, 3.63) is 30.6 Å². The van der Waals surface area contributed by atoms with E-state index in [4.69, 9.17) is 0 Å². The number of hydrogen-bond donors (Lipinski definition) is 0. The molecule has 0 bridgehead atoms. The van der Waals surface area contributed by atoms with Gasteiger partial charge in [-0.3, -0.25) is 4.48 Å². The van der Waals surface area contributed by atoms with Crippen LogP contribution in [0.4, 0.5) is 0 Å². The first kappa shape index (κ1) is 26.1. The highest BCUT2D eigenvalue weighted by molar-refractivity contribution is 4.84. The second-order valence-corrected chi connectivity index (χ2v) is 9.67. The summed E-state index contributed by atoms with van der Waals surface area (Å²) in [4.78, 5) is 0. The van der Waals surface area contributed by atoms with Crippen molar-refractivity contribution in [3.63, 3.8) is 0 Å². The van der Waals surface area contributed by atoms with Crippen LogP contribution in [0, 0.1) is 0 Å². The molecule has 1 aromatic rings. The van der Waals surface area contributed by atoms with E-state index >= 15 is 0 Å². The van der Waals surface area contributed by atoms with Crippen LogP contribution in [0.25, 0.3) is 0 Å². The van der Waals surface area contributed by atoms with Crippen molar-refractivity contribution in [2.24, 2.45) is 0 Å². The highest BCUT2D eigenvalue weighted by Crippen LogP contribution is 2.31. The first-order valence-corrected chi connectivity index (χ1v) is 12.8. The fraction of sp³-hybridized carbons (Fsp3) is 0.815. The molecule has 0 aliphatic carbocycles. The molecule has 29 heavy (non-hydrogen) atoms. The van der Waals surface area contributed by atoms with Gasteiger partial charge in [-0.25, -0.2) is 0 Å². The predicted octanol–water partition coefficient (Wildman–Crippen LogP) is 7.61. The molecule has 1 rings (SSSR count). The number of nitrogens with zero attached hydrogens (tertiary/aromatic N) is 2. The maximum Gasteiger partial charge on any atom is 0.292 e. The first-order valence-electron chi connectivity index (χ1n) is 12.8. The van der Waals surface area contributed by atoms with Gasteiger partial charge in [-0.05, 0) is 19.3 Å². The molecule has 1 aromatic heterocycles. The second-order valence-electron chi connectivity index (χ2n) is 9.67. The summed E-state index contributed by atoms with van der Waals surface area (Å²) in [5, 5.41) is 0. The molecule has 2 nitrogen and oxygen atoms in total. The summed E-state index contributed by atoms with van der Waals surface area (Å²) < 4.78 is 3.58. The standard InChI is InChI=1S/C27H52N2/c1-6-9-10-11-12-13-14-15-16-17-18-22-26-29(4,5)27(8-3,23-7-2)28-24-20-19-21-25-28/h19-21,24-25H,6-18,22-23,26H2,1-5H3/q+2. The molecule has 0 N–H and O–H groups in total. The van der Waals surface area contributed by atoms with Crippen LogP contribution in [0.1, 0.15) is 117 Å². The second kappa shape index (κ2) is 15.0. The van der Waals surface area contributed by atoms with Crippen molar-refractivity contribution in [3.8, 4) is 0 Å². The molecule has 0 radical (unpaired) electrons. The molecule has 0 amide bonds. The van der Waals surface area contributed by atoms with Crippen LogP contribution in [-0.4, -0.2) is 25.1 Å². The fourth-order valence-corrected chi connectivity index (χ4v) is 5.16. The lowest BCUT2D eigenvalue weighted by Gasteiger charge is -2.43. The summed E-state index contributed by atoms with van der Waals surface area (Å²) >= 11 is 0. The molecule has 2 heteroatoms. The van der Waals surface area contributed by atoms with E-state index in [0.717, 1.165) is 4.48 Å². The SMILES string of the molecule is CCCCCCCCCCCCCC[N+](C)(C)C(CC)(CCC)[n+]1ccccc1. The molecule has 1 atom stereocenters. The van der Waals surface area contributed by atoms with Gasteiger partial charge in [0.25, 0.3) is 5.66 Å². The Balaban J connectivity index is 2.34. The Morgan fingerprint density at radius 2 is 1.10 bits per heavy atom. The Labute approximate surface area is 183 Å². The fourth-order valence-electron chi connectivity index (χ4n) is 5.16. The van der Waals surface area contributed by atoms with E-state index in [1.54, 1.807) is 0 Å². The molecule has 0 fully saturated rings. The van der Waals surface area contributed by atoms with Gasteiger partial charge >= 0.3 is 0 Å². The Hall–Kier alpha value is -0.890. The lowest BCUT2D eigenvalue weighted by atomic mass is 9.94. The van der Waals surface area contributed by atoms with E-state index in [0.29, 0.717) is 0 Å². The number of unbranched alkanes of at least 4 members (excludes halogenated alkanes) is 11. The van der Waals surface area contributed by atoms with E-state index in [9.17, 15) is 0 Å². The summed E-state index contributed by atoms with van der Waals surface area (Å²) in [5.41, 5.74) is 0.174. The summed E-state index contributed by atoms with van der Waals surface area (Å²) in [5.74, 6) is 0. The molecular formula is C27H52N2+2. The van der Waals surface area contributed by atoms with Crippen molar-refractivity contribution < 1.29 is 9.05 Å². The van der Waals surface area contributed by atoms with Crippen molar-refractivity contribution in [2.45, 2.75) is 123 Å². The van der Waals surface area contributed by atoms with Crippen molar-refractivity contribution in [2.75, 3.05) is 20.6 Å². The van der Waals surface area contributed by atoms with E-state index < -0.39 is 0 Å². The molecule has 0 aliphatic heterocycles. The van der Waals surface area contributed by atoms with Gasteiger partial charge in [0.05, 0.1) is 33.5 Å². The third kappa shape index (κ3) is 8.79. The van der Waals surface area contributed by atoms with E-state index in [2.05, 4.69) is 70.0 Å². The molecule has 0 aliphatic rings. The van der Waals surface area contributed by atoms with Crippen molar-refractivity contribution in [1.82, 2.24) is 0 Å². The van der Waals surface area contributed by atoms with Gasteiger partial charge < -0.3 is 0 Å². The van der Waals surface area contributed by atoms with Gasteiger partial charge in [0.15, 0.2) is 12.4 Å². The molecule has 168 valence electrons. The van der Waals surface area contributed by atoms with Crippen molar-refractivity contribution in [1.29, 1.82) is 0 Å². The van der Waals surface area contributed by atoms with Crippen LogP contribution < -0.4 is 4.57 Å². The zero-order valence-electron chi connectivity index (χ0n) is 20.6. The van der Waals surface area contributed by atoms with E-state index in [-0.39, 0.29) is 5.66 Å². The van der Waals surface area contributed by atoms with Crippen LogP contribution in [0.15, 0.2) is 30.6 Å². The minimum Gasteiger partial charge on any atom is -0.268 e. The molecule has 0 saturated heterocycles. The number of rotatable bonds is 18. The highest BCUT2D eigenvalue weighted by Gasteiger charge is 2.51. The van der Waals surface area contributed by atoms with Crippen LogP contribution >= 0.6 is 0 Å². The maximum absolute atomic E-state index is 2.50. The lowest BCUT2D eigenvalue weighted by molar-refractivity contribution is -1.10. The van der Waals surface area contributed by atoms with Crippen LogP contribution in [0.2, 0.25) is 0 Å². The quantitative estimate of drug-likeness (QED) is 0.135. The first-order chi connectivity index (χ1) is 14.0. The Morgan fingerprint density at radius 1 is 0.621 bits per heavy atom. The van der Waals surface area contributed by atoms with Crippen LogP contribution in [0.5, 0.6) is 0 Å². The predicted molar refractivity (Wildman–Crippen MR) is 128 cm³/mol. The van der Waals surface area contributed by atoms with Gasteiger partial charge in [-0.2, -0.15) is 4.57 Å². The summed E-state index contributed by atoms with van der Waals surface area (Å²) in [6, 6.07) is 6.50. The average molecular weight is 405 g/mol. The van der Waals surface area contributed by atoms with Gasteiger partial charge in [0.1, 0.15) is 0 Å². The van der Waals surface area contributed by atoms with Crippen LogP contribution in [-0.2, 0) is 5.66 Å². The topological polar surface area (TPSA) is 3.88 Å². The molecule has 0 spiro atoms. The molecule has 0 aromatic carbocycles. The highest BCUT2D eigenvalue weighted by atomic mass is 15.5. The van der Waals surface area contributed by atoms with Crippen molar-refractivity contribution >= 4 is 0 Å². The van der Waals surface area contributed by atoms with Gasteiger partial charge in [-0.15, -0.1) is 0 Å². The molecule has 1 heterocycles. The van der Waals surface area contributed by atoms with Gasteiger partial charge in [0.2, 0.25) is 0 Å². The average Bonchev–Trinajstić information content (AvgIpc) is 2.73. The largest absolute Gasteiger partial charge is 0.292 e.